The maximum Gasteiger partial charge on any atom is 0.293 e. The molecule has 1 amide bonds. The molecule has 0 radical (unpaired) electrons. The molecule has 2 N–H and O–H groups in total. The Morgan fingerprint density at radius 1 is 1.32 bits per heavy atom. The van der Waals surface area contributed by atoms with Crippen LogP contribution in [0.15, 0.2) is 36.0 Å². The summed E-state index contributed by atoms with van der Waals surface area (Å²) in [5.41, 5.74) is 0.835. The van der Waals surface area contributed by atoms with Crippen LogP contribution in [-0.4, -0.2) is 47.0 Å². The first-order valence-corrected chi connectivity index (χ1v) is 11.1. The van der Waals surface area contributed by atoms with E-state index >= 15 is 0 Å². The Labute approximate surface area is 183 Å². The van der Waals surface area contributed by atoms with E-state index < -0.39 is 4.92 Å². The van der Waals surface area contributed by atoms with Crippen LogP contribution in [0.25, 0.3) is 10.2 Å². The Morgan fingerprint density at radius 3 is 3.00 bits per heavy atom. The van der Waals surface area contributed by atoms with Gasteiger partial charge in [0.1, 0.15) is 22.7 Å². The van der Waals surface area contributed by atoms with Gasteiger partial charge in [0.05, 0.1) is 10.3 Å². The Kier molecular flexibility index (Phi) is 6.26. The summed E-state index contributed by atoms with van der Waals surface area (Å²) in [5, 5.41) is 20.5. The number of aromatic nitrogens is 2. The van der Waals surface area contributed by atoms with Crippen LogP contribution in [0.1, 0.15) is 30.1 Å². The largest absolute Gasteiger partial charge is 0.368 e. The van der Waals surface area contributed by atoms with Crippen LogP contribution >= 0.6 is 11.3 Å². The average Bonchev–Trinajstić information content (AvgIpc) is 3.26. The minimum atomic E-state index is -0.409. The summed E-state index contributed by atoms with van der Waals surface area (Å²) < 4.78 is 0. The van der Waals surface area contributed by atoms with Crippen LogP contribution in [0.4, 0.5) is 17.2 Å². The second-order valence-corrected chi connectivity index (χ2v) is 8.59. The summed E-state index contributed by atoms with van der Waals surface area (Å²) in [6.07, 6.45) is 3.65. The van der Waals surface area contributed by atoms with E-state index in [-0.39, 0.29) is 17.2 Å². The number of nitrogens with one attached hydrogen (secondary N) is 2. The summed E-state index contributed by atoms with van der Waals surface area (Å²) in [7, 11) is 0. The van der Waals surface area contributed by atoms with Gasteiger partial charge in [0.2, 0.25) is 0 Å². The van der Waals surface area contributed by atoms with E-state index in [1.54, 1.807) is 12.1 Å². The zero-order valence-electron chi connectivity index (χ0n) is 17.2. The van der Waals surface area contributed by atoms with E-state index in [1.165, 1.54) is 23.7 Å². The fraction of sp³-hybridized carbons (Fsp3) is 0.381. The van der Waals surface area contributed by atoms with Crippen LogP contribution in [0.5, 0.6) is 0 Å². The first kappa shape index (κ1) is 21.0. The second kappa shape index (κ2) is 9.25. The molecule has 9 nitrogen and oxygen atoms in total. The fourth-order valence-electron chi connectivity index (χ4n) is 3.88. The lowest BCUT2D eigenvalue weighted by atomic mass is 9.99. The van der Waals surface area contributed by atoms with E-state index in [0.717, 1.165) is 42.0 Å². The van der Waals surface area contributed by atoms with Crippen LogP contribution in [0, 0.1) is 16.0 Å². The molecule has 1 aliphatic rings. The molecule has 0 bridgehead atoms. The van der Waals surface area contributed by atoms with Gasteiger partial charge in [-0.2, -0.15) is 0 Å². The molecule has 4 rings (SSSR count). The van der Waals surface area contributed by atoms with Gasteiger partial charge in [-0.15, -0.1) is 11.3 Å². The molecule has 1 fully saturated rings. The van der Waals surface area contributed by atoms with E-state index in [2.05, 4.69) is 27.5 Å². The van der Waals surface area contributed by atoms with Crippen molar-refractivity contribution in [1.29, 1.82) is 0 Å². The van der Waals surface area contributed by atoms with Gasteiger partial charge in [0.25, 0.3) is 11.6 Å². The quantitative estimate of drug-likeness (QED) is 0.327. The summed E-state index contributed by atoms with van der Waals surface area (Å²) in [6, 6.07) is 6.67. The van der Waals surface area contributed by atoms with Crippen molar-refractivity contribution in [2.75, 3.05) is 36.4 Å². The first-order valence-electron chi connectivity index (χ1n) is 10.3. The zero-order valence-corrected chi connectivity index (χ0v) is 18.0. The number of benzene rings is 1. The molecule has 1 aromatic carbocycles. The smallest absolute Gasteiger partial charge is 0.293 e. The molecule has 2 aromatic heterocycles. The van der Waals surface area contributed by atoms with E-state index in [1.807, 2.05) is 16.3 Å². The molecule has 0 saturated carbocycles. The third kappa shape index (κ3) is 4.74. The predicted molar refractivity (Wildman–Crippen MR) is 122 cm³/mol. The molecular weight excluding hydrogens is 416 g/mol. The van der Waals surface area contributed by atoms with E-state index in [4.69, 9.17) is 0 Å². The molecule has 0 aliphatic carbocycles. The lowest BCUT2D eigenvalue weighted by Crippen LogP contribution is -2.34. The van der Waals surface area contributed by atoms with Crippen molar-refractivity contribution in [1.82, 2.24) is 15.3 Å². The van der Waals surface area contributed by atoms with Gasteiger partial charge in [-0.05, 0) is 42.3 Å². The maximum atomic E-state index is 12.5. The van der Waals surface area contributed by atoms with Crippen molar-refractivity contribution < 1.29 is 9.72 Å². The van der Waals surface area contributed by atoms with Gasteiger partial charge in [-0.25, -0.2) is 9.97 Å². The topological polar surface area (TPSA) is 113 Å². The first-order chi connectivity index (χ1) is 15.0. The predicted octanol–water partition coefficient (Wildman–Crippen LogP) is 3.68. The molecule has 0 unspecified atom stereocenters. The van der Waals surface area contributed by atoms with Crippen molar-refractivity contribution in [3.05, 3.63) is 51.7 Å². The summed E-state index contributed by atoms with van der Waals surface area (Å²) >= 11 is 1.54. The summed E-state index contributed by atoms with van der Waals surface area (Å²) in [6.45, 7) is 4.56. The van der Waals surface area contributed by atoms with Crippen LogP contribution in [-0.2, 0) is 0 Å². The number of nitrogens with zero attached hydrogens (tertiary/aromatic N) is 4. The third-order valence-corrected chi connectivity index (χ3v) is 6.22. The minimum Gasteiger partial charge on any atom is -0.368 e. The number of fused-ring (bicyclic) bond motifs is 1. The normalized spacial score (nSPS) is 16.3. The van der Waals surface area contributed by atoms with Gasteiger partial charge in [0.15, 0.2) is 0 Å². The molecular formula is C21H24N6O3S. The molecule has 3 heterocycles. The molecule has 31 heavy (non-hydrogen) atoms. The number of hydrogen-bond acceptors (Lipinski definition) is 8. The molecule has 1 saturated heterocycles. The lowest BCUT2D eigenvalue weighted by Gasteiger charge is -2.32. The minimum absolute atomic E-state index is 0.0271. The number of rotatable bonds is 7. The molecule has 1 atom stereocenters. The van der Waals surface area contributed by atoms with Gasteiger partial charge in [0, 0.05) is 37.8 Å². The fourth-order valence-corrected chi connectivity index (χ4v) is 4.61. The number of carbonyl (C=O) groups is 1. The van der Waals surface area contributed by atoms with Crippen LogP contribution in [0.3, 0.4) is 0 Å². The SMILES string of the molecule is C[C@H]1CCCN(c2ccc(C(=O)NCCNc3ncnc4sccc34)cc2[N+](=O)[O-])C1. The highest BCUT2D eigenvalue weighted by Gasteiger charge is 2.25. The number of amides is 1. The monoisotopic (exact) mass is 440 g/mol. The lowest BCUT2D eigenvalue weighted by molar-refractivity contribution is -0.384. The van der Waals surface area contributed by atoms with Crippen molar-refractivity contribution in [3.63, 3.8) is 0 Å². The van der Waals surface area contributed by atoms with Gasteiger partial charge in [-0.1, -0.05) is 6.92 Å². The van der Waals surface area contributed by atoms with Crippen molar-refractivity contribution in [2.24, 2.45) is 5.92 Å². The van der Waals surface area contributed by atoms with Gasteiger partial charge in [-0.3, -0.25) is 14.9 Å². The highest BCUT2D eigenvalue weighted by atomic mass is 32.1. The Balaban J connectivity index is 1.38. The highest BCUT2D eigenvalue weighted by Crippen LogP contribution is 2.32. The van der Waals surface area contributed by atoms with Crippen LogP contribution in [0.2, 0.25) is 0 Å². The van der Waals surface area contributed by atoms with Gasteiger partial charge < -0.3 is 15.5 Å². The number of piperidine rings is 1. The molecule has 3 aromatic rings. The molecule has 10 heteroatoms. The number of hydrogen-bond donors (Lipinski definition) is 2. The summed E-state index contributed by atoms with van der Waals surface area (Å²) in [5.74, 6) is 0.872. The van der Waals surface area contributed by atoms with Crippen LogP contribution < -0.4 is 15.5 Å². The number of nitro groups is 1. The Morgan fingerprint density at radius 2 is 2.19 bits per heavy atom. The van der Waals surface area contributed by atoms with E-state index in [9.17, 15) is 14.9 Å². The zero-order chi connectivity index (χ0) is 21.8. The standard InChI is InChI=1S/C21H24N6O3S/c1-14-3-2-9-26(12-14)17-5-4-15(11-18(17)27(29)30)20(28)23-8-7-22-19-16-6-10-31-21(16)25-13-24-19/h4-6,10-11,13-14H,2-3,7-9,12H2,1H3,(H,23,28)(H,22,24,25)/t14-/m0/s1. The number of nitro benzene ring substituents is 1. The maximum absolute atomic E-state index is 12.5. The summed E-state index contributed by atoms with van der Waals surface area (Å²) in [4.78, 5) is 35.2. The van der Waals surface area contributed by atoms with Crippen molar-refractivity contribution in [3.8, 4) is 0 Å². The Hall–Kier alpha value is -3.27. The van der Waals surface area contributed by atoms with E-state index in [0.29, 0.717) is 24.7 Å². The van der Waals surface area contributed by atoms with Crippen molar-refractivity contribution >= 4 is 44.7 Å². The van der Waals surface area contributed by atoms with Crippen molar-refractivity contribution in [2.45, 2.75) is 19.8 Å². The average molecular weight is 441 g/mol. The third-order valence-electron chi connectivity index (χ3n) is 5.40. The molecule has 1 aliphatic heterocycles. The number of carbonyl (C=O) groups excluding carboxylic acids is 1. The van der Waals surface area contributed by atoms with Gasteiger partial charge >= 0.3 is 0 Å². The number of anilines is 2. The Bertz CT molecular complexity index is 1100. The number of thiophene rings is 1. The highest BCUT2D eigenvalue weighted by molar-refractivity contribution is 7.16. The second-order valence-electron chi connectivity index (χ2n) is 7.70. The molecule has 0 spiro atoms. The molecule has 162 valence electrons.